The fraction of sp³-hybridized carbons (Fsp3) is 0.789. The van der Waals surface area contributed by atoms with Crippen molar-refractivity contribution >= 4 is 5.91 Å². The highest BCUT2D eigenvalue weighted by molar-refractivity contribution is 5.93. The Hall–Kier alpha value is -1.40. The third-order valence-corrected chi connectivity index (χ3v) is 5.95. The maximum absolute atomic E-state index is 12.4. The molecular formula is C19H32N4O2. The molecule has 1 amide bonds. The zero-order valence-electron chi connectivity index (χ0n) is 16.0. The van der Waals surface area contributed by atoms with Crippen molar-refractivity contribution in [3.63, 3.8) is 0 Å². The number of nitrogens with one attached hydrogen (secondary N) is 2. The molecule has 25 heavy (non-hydrogen) atoms. The Labute approximate surface area is 150 Å². The van der Waals surface area contributed by atoms with Gasteiger partial charge in [0.2, 0.25) is 0 Å². The minimum atomic E-state index is -0.104. The van der Waals surface area contributed by atoms with Gasteiger partial charge in [-0.2, -0.15) is 5.10 Å². The minimum Gasteiger partial charge on any atom is -0.370 e. The topological polar surface area (TPSA) is 70.2 Å². The largest absolute Gasteiger partial charge is 0.370 e. The van der Waals surface area contributed by atoms with Gasteiger partial charge in [-0.15, -0.1) is 0 Å². The van der Waals surface area contributed by atoms with Crippen LogP contribution in [0.1, 0.15) is 68.2 Å². The number of likely N-dealkylation sites (tertiary alicyclic amines) is 1. The van der Waals surface area contributed by atoms with E-state index in [1.54, 1.807) is 0 Å². The number of ether oxygens (including phenoxy) is 1. The minimum absolute atomic E-state index is 0.0401. The molecule has 6 heteroatoms. The number of amides is 1. The standard InChI is InChI=1S/C19H32N4O2/c1-5-16-14(4)17(22-21-16)18(24)20-12-15-6-7-19(25-15)8-10-23(11-9-19)13(2)3/h13,15H,5-12H2,1-4H3,(H,20,24)(H,21,22). The molecule has 0 saturated carbocycles. The first-order valence-electron chi connectivity index (χ1n) is 9.68. The average Bonchev–Trinajstić information content (AvgIpc) is 3.17. The van der Waals surface area contributed by atoms with E-state index in [4.69, 9.17) is 4.74 Å². The molecule has 1 aromatic rings. The SMILES string of the molecule is CCc1[nH]nc(C(=O)NCC2CCC3(CCN(C(C)C)CC3)O2)c1C. The Morgan fingerprint density at radius 1 is 1.40 bits per heavy atom. The van der Waals surface area contributed by atoms with Crippen LogP contribution in [0.2, 0.25) is 0 Å². The van der Waals surface area contributed by atoms with Crippen LogP contribution in [0.4, 0.5) is 0 Å². The summed E-state index contributed by atoms with van der Waals surface area (Å²) in [6.45, 7) is 11.3. The van der Waals surface area contributed by atoms with Crippen LogP contribution in [-0.2, 0) is 11.2 Å². The number of aryl methyl sites for hydroxylation is 1. The molecule has 1 unspecified atom stereocenters. The Bertz CT molecular complexity index is 603. The van der Waals surface area contributed by atoms with Gasteiger partial charge in [0.25, 0.3) is 5.91 Å². The smallest absolute Gasteiger partial charge is 0.272 e. The summed E-state index contributed by atoms with van der Waals surface area (Å²) in [6, 6.07) is 0.610. The quantitative estimate of drug-likeness (QED) is 0.857. The van der Waals surface area contributed by atoms with Crippen molar-refractivity contribution in [3.05, 3.63) is 17.0 Å². The van der Waals surface area contributed by atoms with Crippen molar-refractivity contribution in [3.8, 4) is 0 Å². The molecule has 140 valence electrons. The van der Waals surface area contributed by atoms with E-state index in [0.717, 1.165) is 56.5 Å². The molecule has 0 aliphatic carbocycles. The van der Waals surface area contributed by atoms with Gasteiger partial charge in [0.05, 0.1) is 11.7 Å². The van der Waals surface area contributed by atoms with E-state index in [1.807, 2.05) is 6.92 Å². The summed E-state index contributed by atoms with van der Waals surface area (Å²) in [5.41, 5.74) is 2.52. The number of H-pyrrole nitrogens is 1. The summed E-state index contributed by atoms with van der Waals surface area (Å²) in [6.07, 6.45) is 5.33. The Balaban J connectivity index is 1.49. The fourth-order valence-corrected chi connectivity index (χ4v) is 4.14. The number of aromatic amines is 1. The molecule has 1 spiro atoms. The van der Waals surface area contributed by atoms with E-state index in [1.165, 1.54) is 0 Å². The zero-order valence-corrected chi connectivity index (χ0v) is 16.0. The number of hydrogen-bond acceptors (Lipinski definition) is 4. The molecule has 0 bridgehead atoms. The van der Waals surface area contributed by atoms with Gasteiger partial charge in [-0.1, -0.05) is 6.92 Å². The van der Waals surface area contributed by atoms with Gasteiger partial charge in [-0.05, 0) is 52.9 Å². The highest BCUT2D eigenvalue weighted by Crippen LogP contribution is 2.39. The van der Waals surface area contributed by atoms with Crippen LogP contribution in [0.15, 0.2) is 0 Å². The third kappa shape index (κ3) is 3.90. The van der Waals surface area contributed by atoms with Crippen molar-refractivity contribution in [1.29, 1.82) is 0 Å². The molecule has 2 N–H and O–H groups in total. The van der Waals surface area contributed by atoms with Gasteiger partial charge < -0.3 is 15.0 Å². The lowest BCUT2D eigenvalue weighted by Gasteiger charge is -2.40. The first-order valence-corrected chi connectivity index (χ1v) is 9.68. The van der Waals surface area contributed by atoms with Crippen molar-refractivity contribution < 1.29 is 9.53 Å². The molecule has 1 aromatic heterocycles. The van der Waals surface area contributed by atoms with Crippen molar-refractivity contribution in [2.75, 3.05) is 19.6 Å². The second-order valence-corrected chi connectivity index (χ2v) is 7.83. The molecule has 2 fully saturated rings. The Kier molecular flexibility index (Phi) is 5.49. The normalized spacial score (nSPS) is 23.5. The Morgan fingerprint density at radius 2 is 2.12 bits per heavy atom. The first-order chi connectivity index (χ1) is 11.9. The molecule has 0 aromatic carbocycles. The molecule has 6 nitrogen and oxygen atoms in total. The Morgan fingerprint density at radius 3 is 2.72 bits per heavy atom. The highest BCUT2D eigenvalue weighted by Gasteiger charge is 2.42. The maximum Gasteiger partial charge on any atom is 0.272 e. The summed E-state index contributed by atoms with van der Waals surface area (Å²) in [7, 11) is 0. The van der Waals surface area contributed by atoms with Crippen molar-refractivity contribution in [1.82, 2.24) is 20.4 Å². The van der Waals surface area contributed by atoms with Crippen LogP contribution in [0, 0.1) is 6.92 Å². The predicted octanol–water partition coefficient (Wildman–Crippen LogP) is 2.43. The molecule has 2 aliphatic rings. The maximum atomic E-state index is 12.4. The van der Waals surface area contributed by atoms with Crippen LogP contribution >= 0.6 is 0 Å². The number of rotatable bonds is 5. The van der Waals surface area contributed by atoms with Crippen molar-refractivity contribution in [2.24, 2.45) is 0 Å². The van der Waals surface area contributed by atoms with Crippen LogP contribution in [0.25, 0.3) is 0 Å². The monoisotopic (exact) mass is 348 g/mol. The fourth-order valence-electron chi connectivity index (χ4n) is 4.14. The van der Waals surface area contributed by atoms with Gasteiger partial charge in [-0.3, -0.25) is 9.89 Å². The van der Waals surface area contributed by atoms with Gasteiger partial charge in [-0.25, -0.2) is 0 Å². The summed E-state index contributed by atoms with van der Waals surface area (Å²) in [5.74, 6) is -0.104. The van der Waals surface area contributed by atoms with Gasteiger partial charge in [0, 0.05) is 36.9 Å². The molecule has 2 aliphatic heterocycles. The number of aromatic nitrogens is 2. The van der Waals surface area contributed by atoms with Crippen LogP contribution in [0.5, 0.6) is 0 Å². The van der Waals surface area contributed by atoms with Crippen LogP contribution < -0.4 is 5.32 Å². The molecular weight excluding hydrogens is 316 g/mol. The number of nitrogens with zero attached hydrogens (tertiary/aromatic N) is 2. The average molecular weight is 348 g/mol. The number of carbonyl (C=O) groups excluding carboxylic acids is 1. The second kappa shape index (κ2) is 7.46. The molecule has 3 heterocycles. The van der Waals surface area contributed by atoms with E-state index < -0.39 is 0 Å². The van der Waals surface area contributed by atoms with E-state index in [-0.39, 0.29) is 17.6 Å². The number of piperidine rings is 1. The molecule has 1 atom stereocenters. The lowest BCUT2D eigenvalue weighted by Crippen LogP contribution is -2.47. The van der Waals surface area contributed by atoms with Gasteiger partial charge in [0.1, 0.15) is 0 Å². The first kappa shape index (κ1) is 18.4. The molecule has 3 rings (SSSR count). The van der Waals surface area contributed by atoms with E-state index in [0.29, 0.717) is 18.3 Å². The summed E-state index contributed by atoms with van der Waals surface area (Å²) >= 11 is 0. The van der Waals surface area contributed by atoms with Crippen LogP contribution in [-0.4, -0.2) is 58.4 Å². The summed E-state index contributed by atoms with van der Waals surface area (Å²) in [4.78, 5) is 14.9. The third-order valence-electron chi connectivity index (χ3n) is 5.95. The van der Waals surface area contributed by atoms with Crippen molar-refractivity contribution in [2.45, 2.75) is 77.5 Å². The van der Waals surface area contributed by atoms with Gasteiger partial charge >= 0.3 is 0 Å². The van der Waals surface area contributed by atoms with Gasteiger partial charge in [0.15, 0.2) is 5.69 Å². The predicted molar refractivity (Wildman–Crippen MR) is 97.8 cm³/mol. The second-order valence-electron chi connectivity index (χ2n) is 7.83. The summed E-state index contributed by atoms with van der Waals surface area (Å²) < 4.78 is 6.39. The highest BCUT2D eigenvalue weighted by atomic mass is 16.5. The zero-order chi connectivity index (χ0) is 18.0. The lowest BCUT2D eigenvalue weighted by atomic mass is 9.88. The number of carbonyl (C=O) groups is 1. The number of hydrogen-bond donors (Lipinski definition) is 2. The molecule has 0 radical (unpaired) electrons. The summed E-state index contributed by atoms with van der Waals surface area (Å²) in [5, 5.41) is 10.1. The van der Waals surface area contributed by atoms with E-state index >= 15 is 0 Å². The van der Waals surface area contributed by atoms with Crippen LogP contribution in [0.3, 0.4) is 0 Å². The van der Waals surface area contributed by atoms with E-state index in [2.05, 4.69) is 41.2 Å². The lowest BCUT2D eigenvalue weighted by molar-refractivity contribution is -0.0788. The van der Waals surface area contributed by atoms with E-state index in [9.17, 15) is 4.79 Å². The molecule has 2 saturated heterocycles.